The summed E-state index contributed by atoms with van der Waals surface area (Å²) < 4.78 is 24.1. The number of anilines is 1. The van der Waals surface area contributed by atoms with Crippen LogP contribution in [0, 0.1) is 13.8 Å². The van der Waals surface area contributed by atoms with Crippen LogP contribution >= 0.6 is 11.8 Å². The Morgan fingerprint density at radius 2 is 1.83 bits per heavy atom. The second kappa shape index (κ2) is 10.9. The normalized spacial score (nSPS) is 15.7. The Hall–Kier alpha value is -3.03. The molecular weight excluding hydrogens is 488 g/mol. The van der Waals surface area contributed by atoms with Gasteiger partial charge in [0.2, 0.25) is 0 Å². The second-order valence-electron chi connectivity index (χ2n) is 9.58. The van der Waals surface area contributed by atoms with Crippen LogP contribution in [0.25, 0.3) is 5.57 Å². The average Bonchev–Trinajstić information content (AvgIpc) is 2.81. The first-order valence-corrected chi connectivity index (χ1v) is 14.7. The molecule has 0 saturated carbocycles. The monoisotopic (exact) mass is 522 g/mol. The third kappa shape index (κ3) is 6.20. The Morgan fingerprint density at radius 1 is 1.11 bits per heavy atom. The lowest BCUT2D eigenvalue weighted by atomic mass is 9.84. The molecule has 0 fully saturated rings. The van der Waals surface area contributed by atoms with Gasteiger partial charge in [0.05, 0.1) is 4.75 Å². The van der Waals surface area contributed by atoms with Gasteiger partial charge in [-0.05, 0) is 116 Å². The van der Waals surface area contributed by atoms with Crippen molar-refractivity contribution in [1.29, 1.82) is 0 Å². The van der Waals surface area contributed by atoms with E-state index in [-0.39, 0.29) is 5.91 Å². The maximum atomic E-state index is 13.2. The summed E-state index contributed by atoms with van der Waals surface area (Å²) in [4.78, 5) is 14.3. The highest BCUT2D eigenvalue weighted by molar-refractivity contribution is 7.98. The molecule has 0 unspecified atom stereocenters. The van der Waals surface area contributed by atoms with Crippen molar-refractivity contribution in [3.05, 3.63) is 100 Å². The van der Waals surface area contributed by atoms with E-state index in [1.807, 2.05) is 68.7 Å². The number of amides is 1. The third-order valence-electron chi connectivity index (χ3n) is 6.50. The van der Waals surface area contributed by atoms with Crippen LogP contribution in [0.1, 0.15) is 47.3 Å². The molecule has 3 rings (SSSR count). The van der Waals surface area contributed by atoms with Crippen molar-refractivity contribution in [2.45, 2.75) is 43.8 Å². The lowest BCUT2D eigenvalue weighted by Crippen LogP contribution is -2.33. The van der Waals surface area contributed by atoms with Crippen molar-refractivity contribution < 1.29 is 13.2 Å². The van der Waals surface area contributed by atoms with Crippen LogP contribution in [0.2, 0.25) is 0 Å². The maximum absolute atomic E-state index is 13.2. The van der Waals surface area contributed by atoms with Crippen molar-refractivity contribution in [2.75, 3.05) is 17.8 Å². The number of sulfone groups is 1. The number of hydrogen-bond donors (Lipinski definition) is 2. The van der Waals surface area contributed by atoms with E-state index in [2.05, 4.69) is 11.4 Å². The molecule has 3 N–H and O–H groups in total. The summed E-state index contributed by atoms with van der Waals surface area (Å²) in [6.07, 6.45) is 12.8. The molecule has 1 amide bonds. The van der Waals surface area contributed by atoms with E-state index >= 15 is 0 Å². The number of benzene rings is 2. The number of thioether (sulfide) groups is 1. The molecule has 7 heteroatoms. The van der Waals surface area contributed by atoms with Crippen LogP contribution in [0.5, 0.6) is 0 Å². The molecule has 0 aromatic heterocycles. The molecule has 36 heavy (non-hydrogen) atoms. The summed E-state index contributed by atoms with van der Waals surface area (Å²) in [7, 11) is -3.38. The molecular formula is C29H34N2O3S2. The zero-order valence-electron chi connectivity index (χ0n) is 21.7. The van der Waals surface area contributed by atoms with E-state index in [1.54, 1.807) is 31.7 Å². The minimum absolute atomic E-state index is 0.195. The van der Waals surface area contributed by atoms with Crippen LogP contribution in [-0.2, 0) is 9.84 Å². The predicted octanol–water partition coefficient (Wildman–Crippen LogP) is 6.21. The molecule has 0 aliphatic heterocycles. The van der Waals surface area contributed by atoms with Gasteiger partial charge in [-0.1, -0.05) is 24.3 Å². The van der Waals surface area contributed by atoms with Gasteiger partial charge in [0.1, 0.15) is 0 Å². The molecule has 0 bridgehead atoms. The Balaban J connectivity index is 2.04. The fraction of sp³-hybridized carbons (Fsp3) is 0.276. The van der Waals surface area contributed by atoms with E-state index in [0.29, 0.717) is 17.6 Å². The van der Waals surface area contributed by atoms with Crippen molar-refractivity contribution in [2.24, 2.45) is 5.73 Å². The van der Waals surface area contributed by atoms with Gasteiger partial charge in [-0.25, -0.2) is 8.42 Å². The second-order valence-corrected chi connectivity index (χ2v) is 13.0. The smallest absolute Gasteiger partial charge is 0.255 e. The SMILES string of the molecule is CSc1cc(C)cc(NC(=O)c2ccc(C)c(C3=CC(C(C)(C)S(C)(=O)=O)=C/C(=C/C=C\N)C3)c2)c1. The number of carbonyl (C=O) groups excluding carboxylic acids is 1. The van der Waals surface area contributed by atoms with Crippen LogP contribution in [0.4, 0.5) is 5.69 Å². The maximum Gasteiger partial charge on any atom is 0.255 e. The van der Waals surface area contributed by atoms with Gasteiger partial charge >= 0.3 is 0 Å². The van der Waals surface area contributed by atoms with Gasteiger partial charge in [0.25, 0.3) is 5.91 Å². The fourth-order valence-electron chi connectivity index (χ4n) is 4.02. The summed E-state index contributed by atoms with van der Waals surface area (Å²) >= 11 is 1.63. The molecule has 2 aromatic rings. The highest BCUT2D eigenvalue weighted by Crippen LogP contribution is 2.38. The van der Waals surface area contributed by atoms with Gasteiger partial charge < -0.3 is 11.1 Å². The molecule has 190 valence electrons. The van der Waals surface area contributed by atoms with Crippen molar-refractivity contribution in [3.8, 4) is 0 Å². The molecule has 0 radical (unpaired) electrons. The Labute approximate surface area is 219 Å². The lowest BCUT2D eigenvalue weighted by molar-refractivity contribution is 0.102. The molecule has 2 aromatic carbocycles. The Bertz CT molecular complexity index is 1410. The van der Waals surface area contributed by atoms with Gasteiger partial charge in [0, 0.05) is 22.4 Å². The Kier molecular flexibility index (Phi) is 8.37. The van der Waals surface area contributed by atoms with Crippen LogP contribution in [0.15, 0.2) is 82.9 Å². The minimum Gasteiger partial charge on any atom is -0.405 e. The van der Waals surface area contributed by atoms with Gasteiger partial charge in [-0.3, -0.25) is 4.79 Å². The number of rotatable bonds is 7. The van der Waals surface area contributed by atoms with Gasteiger partial charge in [-0.15, -0.1) is 11.8 Å². The Morgan fingerprint density at radius 3 is 2.47 bits per heavy atom. The molecule has 0 saturated heterocycles. The van der Waals surface area contributed by atoms with E-state index in [1.165, 1.54) is 12.5 Å². The lowest BCUT2D eigenvalue weighted by Gasteiger charge is -2.28. The van der Waals surface area contributed by atoms with E-state index < -0.39 is 14.6 Å². The minimum atomic E-state index is -3.38. The molecule has 1 aliphatic carbocycles. The van der Waals surface area contributed by atoms with Crippen LogP contribution < -0.4 is 11.1 Å². The quantitative estimate of drug-likeness (QED) is 0.422. The summed E-state index contributed by atoms with van der Waals surface area (Å²) in [6.45, 7) is 7.42. The van der Waals surface area contributed by atoms with Crippen molar-refractivity contribution >= 4 is 38.8 Å². The van der Waals surface area contributed by atoms with Gasteiger partial charge in [-0.2, -0.15) is 0 Å². The predicted molar refractivity (Wildman–Crippen MR) is 153 cm³/mol. The fourth-order valence-corrected chi connectivity index (χ4v) is 5.12. The van der Waals surface area contributed by atoms with Crippen molar-refractivity contribution in [1.82, 2.24) is 0 Å². The molecule has 1 aliphatic rings. The number of aryl methyl sites for hydroxylation is 2. The number of nitrogens with one attached hydrogen (secondary N) is 1. The zero-order chi connectivity index (χ0) is 26.7. The van der Waals surface area contributed by atoms with E-state index in [0.717, 1.165) is 38.4 Å². The number of hydrogen-bond acceptors (Lipinski definition) is 5. The largest absolute Gasteiger partial charge is 0.405 e. The average molecular weight is 523 g/mol. The van der Waals surface area contributed by atoms with E-state index in [9.17, 15) is 13.2 Å². The first-order chi connectivity index (χ1) is 16.8. The highest BCUT2D eigenvalue weighted by Gasteiger charge is 2.35. The number of nitrogens with two attached hydrogens (primary N) is 1. The summed E-state index contributed by atoms with van der Waals surface area (Å²) in [5, 5.41) is 3.02. The summed E-state index contributed by atoms with van der Waals surface area (Å²) in [5.74, 6) is -0.195. The molecule has 0 spiro atoms. The topological polar surface area (TPSA) is 89.3 Å². The zero-order valence-corrected chi connectivity index (χ0v) is 23.3. The first kappa shape index (κ1) is 27.6. The molecule has 0 heterocycles. The summed E-state index contributed by atoms with van der Waals surface area (Å²) in [6, 6.07) is 11.6. The standard InChI is InChI=1S/C29H34N2O3S2/c1-19-12-25(18-26(13-19)35-5)31-28(32)22-10-9-20(2)27(17-22)23-14-21(8-7-11-30)15-24(16-23)29(3,4)36(6,33)34/h7-13,15-18H,14,30H2,1-6H3,(H,31,32)/b11-7-,21-8+. The van der Waals surface area contributed by atoms with Crippen LogP contribution in [-0.4, -0.2) is 31.6 Å². The van der Waals surface area contributed by atoms with E-state index in [4.69, 9.17) is 5.73 Å². The molecule has 0 atom stereocenters. The third-order valence-corrected chi connectivity index (χ3v) is 9.30. The summed E-state index contributed by atoms with van der Waals surface area (Å²) in [5.41, 5.74) is 12.4. The van der Waals surface area contributed by atoms with Gasteiger partial charge in [0.15, 0.2) is 9.84 Å². The number of carbonyl (C=O) groups is 1. The van der Waals surface area contributed by atoms with Crippen LogP contribution in [0.3, 0.4) is 0 Å². The number of allylic oxidation sites excluding steroid dienone is 6. The van der Waals surface area contributed by atoms with Crippen molar-refractivity contribution in [3.63, 3.8) is 0 Å². The highest BCUT2D eigenvalue weighted by atomic mass is 32.2. The first-order valence-electron chi connectivity index (χ1n) is 11.6. The molecule has 5 nitrogen and oxygen atoms in total.